The Hall–Kier alpha value is -1.36. The quantitative estimate of drug-likeness (QED) is 0.890. The molecule has 1 unspecified atom stereocenters. The summed E-state index contributed by atoms with van der Waals surface area (Å²) in [5.74, 6) is 0.646. The van der Waals surface area contributed by atoms with Crippen LogP contribution in [-0.2, 0) is 0 Å². The fraction of sp³-hybridized carbons (Fsp3) is 0.455. The molecule has 5 heteroatoms. The standard InChI is InChI=1S/C11H15N3OS/c1-6-5-10(8(3)16-6)7(2)12-11-13-9(4)14-15-11/h5,7H,1-4H3,(H,12,13,14). The van der Waals surface area contributed by atoms with Gasteiger partial charge in [0.1, 0.15) is 0 Å². The molecule has 0 amide bonds. The molecule has 0 spiro atoms. The lowest BCUT2D eigenvalue weighted by Crippen LogP contribution is -2.06. The smallest absolute Gasteiger partial charge is 0.321 e. The van der Waals surface area contributed by atoms with Crippen molar-refractivity contribution in [1.82, 2.24) is 10.1 Å². The van der Waals surface area contributed by atoms with Crippen LogP contribution in [0.25, 0.3) is 0 Å². The van der Waals surface area contributed by atoms with E-state index in [1.165, 1.54) is 15.3 Å². The lowest BCUT2D eigenvalue weighted by atomic mass is 10.1. The zero-order valence-corrected chi connectivity index (χ0v) is 10.7. The van der Waals surface area contributed by atoms with Crippen molar-refractivity contribution in [2.24, 2.45) is 0 Å². The van der Waals surface area contributed by atoms with Crippen LogP contribution in [0.15, 0.2) is 10.6 Å². The van der Waals surface area contributed by atoms with E-state index >= 15 is 0 Å². The number of nitrogens with one attached hydrogen (secondary N) is 1. The van der Waals surface area contributed by atoms with Crippen LogP contribution in [0.4, 0.5) is 6.01 Å². The normalized spacial score (nSPS) is 12.8. The van der Waals surface area contributed by atoms with Crippen LogP contribution >= 0.6 is 11.3 Å². The van der Waals surface area contributed by atoms with Crippen molar-refractivity contribution in [3.63, 3.8) is 0 Å². The number of aromatic nitrogens is 2. The monoisotopic (exact) mass is 237 g/mol. The topological polar surface area (TPSA) is 51.0 Å². The van der Waals surface area contributed by atoms with Gasteiger partial charge in [-0.25, -0.2) is 0 Å². The zero-order chi connectivity index (χ0) is 11.7. The van der Waals surface area contributed by atoms with E-state index in [0.717, 1.165) is 0 Å². The highest BCUT2D eigenvalue weighted by atomic mass is 32.1. The Morgan fingerprint density at radius 1 is 1.38 bits per heavy atom. The Morgan fingerprint density at radius 3 is 2.62 bits per heavy atom. The van der Waals surface area contributed by atoms with Crippen LogP contribution in [0, 0.1) is 20.8 Å². The van der Waals surface area contributed by atoms with Gasteiger partial charge in [0.15, 0.2) is 5.82 Å². The largest absolute Gasteiger partial charge is 0.331 e. The van der Waals surface area contributed by atoms with Crippen LogP contribution in [-0.4, -0.2) is 10.1 Å². The molecule has 0 aliphatic heterocycles. The van der Waals surface area contributed by atoms with E-state index in [1.54, 1.807) is 18.3 Å². The molecule has 1 N–H and O–H groups in total. The van der Waals surface area contributed by atoms with Crippen molar-refractivity contribution in [2.45, 2.75) is 33.7 Å². The number of hydrogen-bond donors (Lipinski definition) is 1. The zero-order valence-electron chi connectivity index (χ0n) is 9.87. The van der Waals surface area contributed by atoms with Crippen molar-refractivity contribution in [1.29, 1.82) is 0 Å². The van der Waals surface area contributed by atoms with Crippen LogP contribution in [0.5, 0.6) is 0 Å². The van der Waals surface area contributed by atoms with E-state index in [9.17, 15) is 0 Å². The Balaban J connectivity index is 2.14. The molecule has 2 aromatic heterocycles. The van der Waals surface area contributed by atoms with Gasteiger partial charge in [-0.05, 0) is 39.3 Å². The SMILES string of the molecule is Cc1noc(NC(C)c2cc(C)sc2C)n1. The number of hydrogen-bond acceptors (Lipinski definition) is 5. The highest BCUT2D eigenvalue weighted by Crippen LogP contribution is 2.28. The van der Waals surface area contributed by atoms with Crippen molar-refractivity contribution in [3.8, 4) is 0 Å². The molecule has 4 nitrogen and oxygen atoms in total. The molecule has 0 saturated carbocycles. The van der Waals surface area contributed by atoms with Crippen molar-refractivity contribution in [3.05, 3.63) is 27.2 Å². The van der Waals surface area contributed by atoms with E-state index in [-0.39, 0.29) is 6.04 Å². The fourth-order valence-corrected chi connectivity index (χ4v) is 2.72. The Labute approximate surface area is 98.7 Å². The molecule has 2 aromatic rings. The van der Waals surface area contributed by atoms with Gasteiger partial charge < -0.3 is 9.84 Å². The first-order chi connectivity index (χ1) is 7.56. The molecule has 0 aliphatic carbocycles. The minimum absolute atomic E-state index is 0.185. The van der Waals surface area contributed by atoms with Gasteiger partial charge in [0.05, 0.1) is 6.04 Å². The summed E-state index contributed by atoms with van der Waals surface area (Å²) in [6.07, 6.45) is 0. The molecule has 0 fully saturated rings. The molecule has 1 atom stereocenters. The number of nitrogens with zero attached hydrogens (tertiary/aromatic N) is 2. The highest BCUT2D eigenvalue weighted by Gasteiger charge is 2.13. The summed E-state index contributed by atoms with van der Waals surface area (Å²) in [6, 6.07) is 2.86. The second-order valence-electron chi connectivity index (χ2n) is 3.88. The fourth-order valence-electron chi connectivity index (χ4n) is 1.70. The second kappa shape index (κ2) is 4.25. The van der Waals surface area contributed by atoms with E-state index < -0.39 is 0 Å². The van der Waals surface area contributed by atoms with Gasteiger partial charge in [0, 0.05) is 9.75 Å². The molecule has 0 radical (unpaired) electrons. The average Bonchev–Trinajstić information content (AvgIpc) is 2.73. The van der Waals surface area contributed by atoms with Gasteiger partial charge in [0.2, 0.25) is 0 Å². The molecular formula is C11H15N3OS. The molecule has 2 heterocycles. The molecule has 86 valence electrons. The number of thiophene rings is 1. The van der Waals surface area contributed by atoms with Crippen molar-refractivity contribution >= 4 is 17.4 Å². The predicted octanol–water partition coefficient (Wildman–Crippen LogP) is 3.23. The summed E-state index contributed by atoms with van der Waals surface area (Å²) in [4.78, 5) is 6.78. The van der Waals surface area contributed by atoms with Gasteiger partial charge in [-0.1, -0.05) is 5.16 Å². The third-order valence-electron chi connectivity index (χ3n) is 2.41. The summed E-state index contributed by atoms with van der Waals surface area (Å²) in [5, 5.41) is 6.94. The van der Waals surface area contributed by atoms with E-state index in [1.807, 2.05) is 0 Å². The number of aryl methyl sites for hydroxylation is 3. The van der Waals surface area contributed by atoms with Crippen LogP contribution in [0.3, 0.4) is 0 Å². The lowest BCUT2D eigenvalue weighted by molar-refractivity contribution is 0.422. The van der Waals surface area contributed by atoms with Gasteiger partial charge >= 0.3 is 6.01 Å². The maximum atomic E-state index is 5.03. The summed E-state index contributed by atoms with van der Waals surface area (Å²) < 4.78 is 5.03. The number of anilines is 1. The first-order valence-corrected chi connectivity index (χ1v) is 6.01. The lowest BCUT2D eigenvalue weighted by Gasteiger charge is -2.10. The maximum Gasteiger partial charge on any atom is 0.321 e. The summed E-state index contributed by atoms with van der Waals surface area (Å²) in [7, 11) is 0. The summed E-state index contributed by atoms with van der Waals surface area (Å²) in [5.41, 5.74) is 1.29. The Kier molecular flexibility index (Phi) is 2.96. The molecule has 0 aromatic carbocycles. The predicted molar refractivity (Wildman–Crippen MR) is 64.9 cm³/mol. The molecule has 0 bridgehead atoms. The average molecular weight is 237 g/mol. The molecule has 2 rings (SSSR count). The van der Waals surface area contributed by atoms with Crippen molar-refractivity contribution < 1.29 is 4.52 Å². The third kappa shape index (κ3) is 2.24. The second-order valence-corrected chi connectivity index (χ2v) is 5.34. The number of rotatable bonds is 3. The summed E-state index contributed by atoms with van der Waals surface area (Å²) >= 11 is 1.81. The molecular weight excluding hydrogens is 222 g/mol. The minimum Gasteiger partial charge on any atom is -0.331 e. The van der Waals surface area contributed by atoms with Gasteiger partial charge in [-0.2, -0.15) is 4.98 Å². The minimum atomic E-state index is 0.185. The van der Waals surface area contributed by atoms with Crippen LogP contribution in [0.2, 0.25) is 0 Å². The Morgan fingerprint density at radius 2 is 2.12 bits per heavy atom. The Bertz CT molecular complexity index is 489. The van der Waals surface area contributed by atoms with Crippen LogP contribution < -0.4 is 5.32 Å². The van der Waals surface area contributed by atoms with E-state index in [4.69, 9.17) is 4.52 Å². The maximum absolute atomic E-state index is 5.03. The molecule has 0 saturated heterocycles. The molecule has 0 aliphatic rings. The van der Waals surface area contributed by atoms with Crippen molar-refractivity contribution in [2.75, 3.05) is 5.32 Å². The first-order valence-electron chi connectivity index (χ1n) is 5.20. The first kappa shape index (κ1) is 11.1. The highest BCUT2D eigenvalue weighted by molar-refractivity contribution is 7.12. The third-order valence-corrected chi connectivity index (χ3v) is 3.40. The summed E-state index contributed by atoms with van der Waals surface area (Å²) in [6.45, 7) is 8.14. The van der Waals surface area contributed by atoms with E-state index in [2.05, 4.69) is 42.3 Å². The van der Waals surface area contributed by atoms with E-state index in [0.29, 0.717) is 11.8 Å². The van der Waals surface area contributed by atoms with Gasteiger partial charge in [-0.3, -0.25) is 0 Å². The molecule has 16 heavy (non-hydrogen) atoms. The van der Waals surface area contributed by atoms with Crippen LogP contribution in [0.1, 0.15) is 34.1 Å². The van der Waals surface area contributed by atoms with Gasteiger partial charge in [0.25, 0.3) is 0 Å². The van der Waals surface area contributed by atoms with Gasteiger partial charge in [-0.15, -0.1) is 11.3 Å².